The van der Waals surface area contributed by atoms with Gasteiger partial charge in [0.1, 0.15) is 12.7 Å². The highest BCUT2D eigenvalue weighted by Gasteiger charge is 2.49. The summed E-state index contributed by atoms with van der Waals surface area (Å²) in [5.41, 5.74) is 7.31. The van der Waals surface area contributed by atoms with Crippen molar-refractivity contribution in [2.45, 2.75) is 65.4 Å². The molecule has 0 radical (unpaired) electrons. The van der Waals surface area contributed by atoms with Gasteiger partial charge < -0.3 is 15.4 Å². The molecule has 9 nitrogen and oxygen atoms in total. The zero-order valence-corrected chi connectivity index (χ0v) is 15.7. The Kier molecular flexibility index (Phi) is 5.79. The third-order valence-corrected chi connectivity index (χ3v) is 5.97. The van der Waals surface area contributed by atoms with Crippen LogP contribution >= 0.6 is 0 Å². The first-order valence-electron chi connectivity index (χ1n) is 9.02. The van der Waals surface area contributed by atoms with E-state index in [1.165, 1.54) is 5.57 Å². The van der Waals surface area contributed by atoms with Gasteiger partial charge in [-0.25, -0.2) is 0 Å². The van der Waals surface area contributed by atoms with Crippen LogP contribution in [0.2, 0.25) is 0 Å². The summed E-state index contributed by atoms with van der Waals surface area (Å²) in [4.78, 5) is 30.2. The lowest BCUT2D eigenvalue weighted by molar-refractivity contribution is -0.790. The van der Waals surface area contributed by atoms with Crippen molar-refractivity contribution in [3.05, 3.63) is 31.9 Å². The molecule has 2 rings (SSSR count). The third-order valence-electron chi connectivity index (χ3n) is 5.97. The van der Waals surface area contributed by atoms with Crippen molar-refractivity contribution in [2.75, 3.05) is 13.2 Å². The molecule has 148 valence electrons. The largest absolute Gasteiger partial charge is 0.330 e. The van der Waals surface area contributed by atoms with Gasteiger partial charge in [-0.1, -0.05) is 38.8 Å². The zero-order valence-electron chi connectivity index (χ0n) is 15.7. The van der Waals surface area contributed by atoms with Crippen LogP contribution in [0.4, 0.5) is 0 Å². The number of rotatable bonds is 9. The Morgan fingerprint density at radius 3 is 2.46 bits per heavy atom. The Bertz CT molecular complexity index is 597. The van der Waals surface area contributed by atoms with Crippen LogP contribution in [-0.2, 0) is 9.68 Å². The Morgan fingerprint density at radius 2 is 1.92 bits per heavy atom. The molecule has 2 N–H and O–H groups in total. The summed E-state index contributed by atoms with van der Waals surface area (Å²) in [6, 6.07) is 0. The Balaban J connectivity index is 2.23. The first-order valence-corrected chi connectivity index (χ1v) is 9.02. The highest BCUT2D eigenvalue weighted by atomic mass is 17.0. The highest BCUT2D eigenvalue weighted by molar-refractivity contribution is 5.23. The van der Waals surface area contributed by atoms with E-state index < -0.39 is 22.9 Å². The molecule has 0 aromatic heterocycles. The zero-order chi connectivity index (χ0) is 19.6. The molecule has 1 fully saturated rings. The van der Waals surface area contributed by atoms with Crippen LogP contribution in [0.25, 0.3) is 0 Å². The fraction of sp³-hybridized carbons (Fsp3) is 0.882. The molecule has 0 aromatic carbocycles. The fourth-order valence-corrected chi connectivity index (χ4v) is 5.26. The summed E-state index contributed by atoms with van der Waals surface area (Å²) in [7, 11) is 0. The Hall–Kier alpha value is -1.90. The number of allylic oxidation sites excluding steroid dienone is 2. The van der Waals surface area contributed by atoms with Crippen LogP contribution < -0.4 is 5.73 Å². The van der Waals surface area contributed by atoms with Gasteiger partial charge in [0, 0.05) is 0 Å². The Morgan fingerprint density at radius 1 is 1.23 bits per heavy atom. The first-order chi connectivity index (χ1) is 12.0. The van der Waals surface area contributed by atoms with Crippen molar-refractivity contribution in [1.82, 2.24) is 0 Å². The number of hydrogen-bond acceptors (Lipinski definition) is 7. The van der Waals surface area contributed by atoms with Gasteiger partial charge in [0.25, 0.3) is 10.2 Å². The van der Waals surface area contributed by atoms with Crippen molar-refractivity contribution in [3.63, 3.8) is 0 Å². The van der Waals surface area contributed by atoms with Crippen LogP contribution in [0.3, 0.4) is 0 Å². The monoisotopic (exact) mass is 371 g/mol. The van der Waals surface area contributed by atoms with Crippen LogP contribution in [0.1, 0.15) is 59.3 Å². The summed E-state index contributed by atoms with van der Waals surface area (Å²) >= 11 is 0. The quantitative estimate of drug-likeness (QED) is 0.374. The fourth-order valence-electron chi connectivity index (χ4n) is 5.26. The maximum absolute atomic E-state index is 10.8. The summed E-state index contributed by atoms with van der Waals surface area (Å²) in [5.74, 6) is 0. The average Bonchev–Trinajstić information content (AvgIpc) is 2.50. The second kappa shape index (κ2) is 7.38. The minimum Gasteiger partial charge on any atom is -0.330 e. The molecule has 0 spiro atoms. The van der Waals surface area contributed by atoms with Crippen LogP contribution in [0.15, 0.2) is 11.6 Å². The molecule has 4 atom stereocenters. The van der Waals surface area contributed by atoms with Gasteiger partial charge in [0.15, 0.2) is 0 Å². The normalized spacial score (nSPS) is 34.5. The van der Waals surface area contributed by atoms with Crippen molar-refractivity contribution < 1.29 is 19.8 Å². The van der Waals surface area contributed by atoms with Crippen LogP contribution in [0, 0.1) is 36.5 Å². The van der Waals surface area contributed by atoms with Crippen molar-refractivity contribution in [2.24, 2.45) is 22.0 Å². The minimum atomic E-state index is -0.997. The molecule has 1 saturated carbocycles. The van der Waals surface area contributed by atoms with Crippen molar-refractivity contribution in [1.29, 1.82) is 0 Å². The van der Waals surface area contributed by atoms with E-state index >= 15 is 0 Å². The van der Waals surface area contributed by atoms with Gasteiger partial charge >= 0.3 is 0 Å². The predicted molar refractivity (Wildman–Crippen MR) is 94.0 cm³/mol. The molecule has 0 aliphatic heterocycles. The van der Waals surface area contributed by atoms with Gasteiger partial charge in [0.2, 0.25) is 0 Å². The SMILES string of the molecule is CCC1(C)CC2=CC(C)(CC(CO[N+](=O)[O-])O[N+](=O)[O-])CC(CN)(C2)C1. The molecule has 2 bridgehead atoms. The van der Waals surface area contributed by atoms with E-state index in [-0.39, 0.29) is 22.7 Å². The lowest BCUT2D eigenvalue weighted by Crippen LogP contribution is -2.47. The van der Waals surface area contributed by atoms with Gasteiger partial charge in [-0.2, -0.15) is 0 Å². The van der Waals surface area contributed by atoms with Crippen LogP contribution in [0.5, 0.6) is 0 Å². The average molecular weight is 371 g/mol. The standard InChI is InChI=1S/C17H29N3O6/c1-4-15(2)5-13-6-16(3,11-17(7-13,10-15)12-18)8-14(26-20(23)24)9-25-19(21)22/h6,14H,4-5,7-12,18H2,1-3H3. The Labute approximate surface area is 153 Å². The van der Waals surface area contributed by atoms with E-state index in [9.17, 15) is 20.2 Å². The number of hydrogen-bond donors (Lipinski definition) is 1. The minimum absolute atomic E-state index is 0.0367. The molecule has 2 aliphatic rings. The second-order valence-electron chi connectivity index (χ2n) is 8.71. The maximum atomic E-state index is 10.8. The predicted octanol–water partition coefficient (Wildman–Crippen LogP) is 3.04. The molecule has 2 aliphatic carbocycles. The number of nitrogens with zero attached hydrogens (tertiary/aromatic N) is 2. The summed E-state index contributed by atoms with van der Waals surface area (Å²) in [6.07, 6.45) is 6.30. The van der Waals surface area contributed by atoms with E-state index in [4.69, 9.17) is 5.73 Å². The van der Waals surface area contributed by atoms with Gasteiger partial charge in [-0.15, -0.1) is 20.2 Å². The lowest BCUT2D eigenvalue weighted by atomic mass is 9.52. The van der Waals surface area contributed by atoms with E-state index in [0.717, 1.165) is 32.1 Å². The van der Waals surface area contributed by atoms with Crippen molar-refractivity contribution >= 4 is 0 Å². The first kappa shape index (κ1) is 20.4. The second-order valence-corrected chi connectivity index (χ2v) is 8.71. The third kappa shape index (κ3) is 4.84. The maximum Gasteiger partial charge on any atom is 0.294 e. The van der Waals surface area contributed by atoms with Crippen LogP contribution in [-0.4, -0.2) is 29.4 Å². The molecule has 4 unspecified atom stereocenters. The summed E-state index contributed by atoms with van der Waals surface area (Å²) < 4.78 is 0. The lowest BCUT2D eigenvalue weighted by Gasteiger charge is -2.54. The molecule has 0 saturated heterocycles. The molecular formula is C17H29N3O6. The number of fused-ring (bicyclic) bond motifs is 2. The topological polar surface area (TPSA) is 131 Å². The smallest absolute Gasteiger partial charge is 0.294 e. The van der Waals surface area contributed by atoms with Gasteiger partial charge in [0.05, 0.1) is 0 Å². The summed E-state index contributed by atoms with van der Waals surface area (Å²) in [5, 5.41) is 19.3. The summed E-state index contributed by atoms with van der Waals surface area (Å²) in [6.45, 7) is 6.60. The molecule has 0 aromatic rings. The number of nitrogens with two attached hydrogens (primary N) is 1. The van der Waals surface area contributed by atoms with Gasteiger partial charge in [-0.3, -0.25) is 0 Å². The van der Waals surface area contributed by atoms with E-state index in [1.807, 2.05) is 6.92 Å². The molecule has 0 heterocycles. The van der Waals surface area contributed by atoms with Crippen molar-refractivity contribution in [3.8, 4) is 0 Å². The molecule has 26 heavy (non-hydrogen) atoms. The molecule has 9 heteroatoms. The van der Waals surface area contributed by atoms with Gasteiger partial charge in [-0.05, 0) is 54.9 Å². The molecule has 0 amide bonds. The highest BCUT2D eigenvalue weighted by Crippen LogP contribution is 2.59. The van der Waals surface area contributed by atoms with E-state index in [1.54, 1.807) is 0 Å². The van der Waals surface area contributed by atoms with E-state index in [2.05, 4.69) is 29.6 Å². The van der Waals surface area contributed by atoms with E-state index in [0.29, 0.717) is 6.54 Å². The molecular weight excluding hydrogens is 342 g/mol.